The number of rotatable bonds is 8. The molecule has 4 aromatic rings. The van der Waals surface area contributed by atoms with E-state index in [9.17, 15) is 18.0 Å². The third-order valence-corrected chi connectivity index (χ3v) is 12.9. The third-order valence-electron chi connectivity index (χ3n) is 12.9. The Kier molecular flexibility index (Phi) is 8.78. The zero-order valence-electron chi connectivity index (χ0n) is 31.2. The van der Waals surface area contributed by atoms with Crippen LogP contribution in [-0.2, 0) is 4.79 Å². The molecule has 1 amide bonds. The standard InChI is InChI=1S/C41H49F3N8O2/c1-4-33(53)51-22-40(23-51)13-18-49(19-14-40)38-30-20-29(27-8-9-27)35(34-25(2)7-10-32-31(34)21-45-48-32)37(54-24-41(42,43)44)36(30)46-39(47-38)50-16-11-28(12-17-50)52-15-5-6-26(52)3/h4,7,10,20-21,26-28H,1,5-6,8-9,11-19,22-24H2,2-3H3,(H,45,48)/t26-/m1/s1. The largest absolute Gasteiger partial charge is 0.481 e. The van der Waals surface area contributed by atoms with E-state index in [1.165, 1.54) is 18.9 Å². The molecule has 5 fully saturated rings. The van der Waals surface area contributed by atoms with Crippen LogP contribution in [0.5, 0.6) is 5.75 Å². The van der Waals surface area contributed by atoms with Crippen molar-refractivity contribution >= 4 is 39.5 Å². The molecule has 9 rings (SSSR count). The van der Waals surface area contributed by atoms with E-state index < -0.39 is 12.8 Å². The fourth-order valence-electron chi connectivity index (χ4n) is 9.79. The number of hydrogen-bond donors (Lipinski definition) is 1. The highest BCUT2D eigenvalue weighted by molar-refractivity contribution is 6.06. The number of carbonyl (C=O) groups excluding carboxylic acids is 1. The van der Waals surface area contributed by atoms with Crippen molar-refractivity contribution in [1.82, 2.24) is 30.0 Å². The van der Waals surface area contributed by atoms with Crippen molar-refractivity contribution in [2.24, 2.45) is 5.41 Å². The van der Waals surface area contributed by atoms with Crippen molar-refractivity contribution in [1.29, 1.82) is 0 Å². The number of piperidine rings is 2. The number of likely N-dealkylation sites (tertiary alicyclic amines) is 2. The number of hydrogen-bond acceptors (Lipinski definition) is 8. The molecule has 1 saturated carbocycles. The van der Waals surface area contributed by atoms with Gasteiger partial charge in [0.25, 0.3) is 0 Å². The zero-order chi connectivity index (χ0) is 37.4. The van der Waals surface area contributed by atoms with E-state index in [0.29, 0.717) is 29.1 Å². The van der Waals surface area contributed by atoms with E-state index in [0.717, 1.165) is 123 Å². The smallest absolute Gasteiger partial charge is 0.422 e. The Hall–Kier alpha value is -4.39. The summed E-state index contributed by atoms with van der Waals surface area (Å²) in [5.41, 5.74) is 4.69. The second kappa shape index (κ2) is 13.4. The fourth-order valence-corrected chi connectivity index (χ4v) is 9.79. The first kappa shape index (κ1) is 35.3. The highest BCUT2D eigenvalue weighted by atomic mass is 19.4. The predicted molar refractivity (Wildman–Crippen MR) is 204 cm³/mol. The van der Waals surface area contributed by atoms with Gasteiger partial charge in [-0.25, -0.2) is 4.98 Å². The van der Waals surface area contributed by atoms with Crippen molar-refractivity contribution in [2.45, 2.75) is 89.4 Å². The van der Waals surface area contributed by atoms with Crippen LogP contribution >= 0.6 is 0 Å². The molecule has 0 bridgehead atoms. The second-order valence-electron chi connectivity index (χ2n) is 16.5. The average molecular weight is 743 g/mol. The number of alkyl halides is 3. The van der Waals surface area contributed by atoms with E-state index in [4.69, 9.17) is 14.7 Å². The minimum absolute atomic E-state index is 0.0337. The zero-order valence-corrected chi connectivity index (χ0v) is 31.2. The molecule has 0 radical (unpaired) electrons. The third kappa shape index (κ3) is 6.35. The van der Waals surface area contributed by atoms with Crippen LogP contribution in [0, 0.1) is 12.3 Å². The van der Waals surface area contributed by atoms with Gasteiger partial charge in [0.2, 0.25) is 11.9 Å². The molecule has 0 unspecified atom stereocenters. The number of H-pyrrole nitrogens is 1. The normalized spacial score (nSPS) is 22.4. The maximum Gasteiger partial charge on any atom is 0.422 e. The van der Waals surface area contributed by atoms with Crippen LogP contribution in [0.25, 0.3) is 32.9 Å². The molecule has 54 heavy (non-hydrogen) atoms. The number of amides is 1. The van der Waals surface area contributed by atoms with Gasteiger partial charge in [0.15, 0.2) is 12.4 Å². The van der Waals surface area contributed by atoms with Gasteiger partial charge >= 0.3 is 6.18 Å². The van der Waals surface area contributed by atoms with Crippen LogP contribution in [0.15, 0.2) is 37.1 Å². The monoisotopic (exact) mass is 742 g/mol. The summed E-state index contributed by atoms with van der Waals surface area (Å²) in [6, 6.07) is 7.18. The minimum Gasteiger partial charge on any atom is -0.481 e. The summed E-state index contributed by atoms with van der Waals surface area (Å²) < 4.78 is 48.5. The van der Waals surface area contributed by atoms with Crippen LogP contribution < -0.4 is 14.5 Å². The van der Waals surface area contributed by atoms with Gasteiger partial charge in [0.1, 0.15) is 11.3 Å². The van der Waals surface area contributed by atoms with Gasteiger partial charge in [-0.3, -0.25) is 14.8 Å². The van der Waals surface area contributed by atoms with Gasteiger partial charge in [-0.2, -0.15) is 23.3 Å². The highest BCUT2D eigenvalue weighted by Crippen LogP contribution is 2.53. The maximum absolute atomic E-state index is 14.2. The van der Waals surface area contributed by atoms with Crippen molar-refractivity contribution in [3.05, 3.63) is 48.2 Å². The molecule has 1 atom stereocenters. The molecular weight excluding hydrogens is 693 g/mol. The Morgan fingerprint density at radius 2 is 1.76 bits per heavy atom. The summed E-state index contributed by atoms with van der Waals surface area (Å²) in [6.45, 7) is 12.1. The van der Waals surface area contributed by atoms with Crippen molar-refractivity contribution in [3.8, 4) is 16.9 Å². The lowest BCUT2D eigenvalue weighted by molar-refractivity contribution is -0.153. The molecule has 2 aromatic heterocycles. The van der Waals surface area contributed by atoms with Crippen LogP contribution in [0.3, 0.4) is 0 Å². The summed E-state index contributed by atoms with van der Waals surface area (Å²) >= 11 is 0. The lowest BCUT2D eigenvalue weighted by atomic mass is 9.72. The SMILES string of the molecule is C=CC(=O)N1CC2(CCN(c3nc(N4CCC(N5CCC[C@H]5C)CC4)nc4c(OCC(F)(F)F)c(-c5c(C)ccc6[nH]ncc56)c(C5CC5)cc34)CC2)C1. The number of anilines is 2. The number of nitrogens with zero attached hydrogens (tertiary/aromatic N) is 7. The van der Waals surface area contributed by atoms with Gasteiger partial charge < -0.3 is 19.4 Å². The molecule has 1 aliphatic carbocycles. The molecule has 2 aromatic carbocycles. The summed E-state index contributed by atoms with van der Waals surface area (Å²) in [5.74, 6) is 1.61. The summed E-state index contributed by atoms with van der Waals surface area (Å²) in [6.07, 6.45) is 6.69. The Bertz CT molecular complexity index is 2090. The number of fused-ring (bicyclic) bond motifs is 2. The van der Waals surface area contributed by atoms with Gasteiger partial charge in [-0.1, -0.05) is 12.6 Å². The number of nitrogens with one attached hydrogen (secondary N) is 1. The van der Waals surface area contributed by atoms with E-state index in [-0.39, 0.29) is 23.0 Å². The van der Waals surface area contributed by atoms with E-state index >= 15 is 0 Å². The second-order valence-corrected chi connectivity index (χ2v) is 16.5. The first-order valence-corrected chi connectivity index (χ1v) is 19.7. The number of benzene rings is 2. The Morgan fingerprint density at radius 3 is 2.43 bits per heavy atom. The van der Waals surface area contributed by atoms with E-state index in [1.807, 2.05) is 24.0 Å². The number of aromatic nitrogens is 4. The number of aryl methyl sites for hydroxylation is 1. The molecule has 10 nitrogen and oxygen atoms in total. The molecule has 1 spiro atoms. The molecule has 5 aliphatic rings. The number of halogens is 3. The maximum atomic E-state index is 14.2. The molecule has 1 N–H and O–H groups in total. The van der Waals surface area contributed by atoms with Gasteiger partial charge in [-0.15, -0.1) is 0 Å². The average Bonchev–Trinajstić information content (AvgIpc) is 3.73. The van der Waals surface area contributed by atoms with E-state index in [2.05, 4.69) is 44.5 Å². The van der Waals surface area contributed by atoms with Crippen LogP contribution in [0.4, 0.5) is 24.9 Å². The quantitative estimate of drug-likeness (QED) is 0.187. The Morgan fingerprint density at radius 1 is 1.00 bits per heavy atom. The lowest BCUT2D eigenvalue weighted by Gasteiger charge is -2.54. The van der Waals surface area contributed by atoms with Crippen molar-refractivity contribution in [2.75, 3.05) is 62.2 Å². The molecule has 4 aliphatic heterocycles. The molecule has 13 heteroatoms. The van der Waals surface area contributed by atoms with Crippen molar-refractivity contribution < 1.29 is 22.7 Å². The summed E-state index contributed by atoms with van der Waals surface area (Å²) in [5, 5.41) is 8.94. The van der Waals surface area contributed by atoms with Gasteiger partial charge in [0, 0.05) is 73.1 Å². The number of ether oxygens (including phenoxy) is 1. The predicted octanol–water partition coefficient (Wildman–Crippen LogP) is 7.37. The first-order chi connectivity index (χ1) is 26.0. The lowest BCUT2D eigenvalue weighted by Crippen LogP contribution is -2.61. The topological polar surface area (TPSA) is 93.7 Å². The summed E-state index contributed by atoms with van der Waals surface area (Å²) in [4.78, 5) is 31.8. The molecule has 4 saturated heterocycles. The van der Waals surface area contributed by atoms with Crippen molar-refractivity contribution in [3.63, 3.8) is 0 Å². The summed E-state index contributed by atoms with van der Waals surface area (Å²) in [7, 11) is 0. The first-order valence-electron chi connectivity index (χ1n) is 19.7. The van der Waals surface area contributed by atoms with Crippen LogP contribution in [0.1, 0.15) is 75.3 Å². The molecule has 286 valence electrons. The fraction of sp³-hybridized carbons (Fsp3) is 0.561. The molecular formula is C41H49F3N8O2. The van der Waals surface area contributed by atoms with Crippen LogP contribution in [0.2, 0.25) is 0 Å². The molecule has 6 heterocycles. The minimum atomic E-state index is -4.55. The van der Waals surface area contributed by atoms with E-state index in [1.54, 1.807) is 6.20 Å². The van der Waals surface area contributed by atoms with Gasteiger partial charge in [0.05, 0.1) is 11.7 Å². The van der Waals surface area contributed by atoms with Gasteiger partial charge in [-0.05, 0) is 113 Å². The Labute approximate surface area is 313 Å². The Balaban J connectivity index is 1.18. The highest BCUT2D eigenvalue weighted by Gasteiger charge is 2.47. The van der Waals surface area contributed by atoms with Crippen LogP contribution in [-0.4, -0.2) is 107 Å². The number of aromatic amines is 1. The number of carbonyl (C=O) groups is 1.